The largest absolute Gasteiger partial charge is 0.369 e. The van der Waals surface area contributed by atoms with Crippen LogP contribution in [0.3, 0.4) is 0 Å². The Morgan fingerprint density at radius 2 is 2.05 bits per heavy atom. The molecular weight excluding hydrogens is 308 g/mol. The molecule has 0 aliphatic rings. The molecule has 0 saturated heterocycles. The van der Waals surface area contributed by atoms with E-state index in [0.717, 1.165) is 27.0 Å². The second-order valence-corrected chi connectivity index (χ2v) is 5.12. The zero-order valence-electron chi connectivity index (χ0n) is 10.2. The maximum atomic E-state index is 5.93. The average Bonchev–Trinajstić information content (AvgIpc) is 2.68. The summed E-state index contributed by atoms with van der Waals surface area (Å²) in [5.74, 6) is 0.419. The highest BCUT2D eigenvalue weighted by molar-refractivity contribution is 9.10. The van der Waals surface area contributed by atoms with E-state index in [9.17, 15) is 0 Å². The number of nitrogens with zero attached hydrogens (tertiary/aromatic N) is 5. The second kappa shape index (κ2) is 4.58. The fraction of sp³-hybridized carbons (Fsp3) is 0.167. The van der Waals surface area contributed by atoms with Crippen molar-refractivity contribution in [3.05, 3.63) is 40.5 Å². The fourth-order valence-electron chi connectivity index (χ4n) is 1.82. The van der Waals surface area contributed by atoms with Crippen LogP contribution in [0.25, 0.3) is 11.2 Å². The molecule has 6 nitrogen and oxygen atoms in total. The molecule has 0 bridgehead atoms. The van der Waals surface area contributed by atoms with E-state index in [0.29, 0.717) is 12.5 Å². The van der Waals surface area contributed by atoms with Gasteiger partial charge in [0.25, 0.3) is 0 Å². The highest BCUT2D eigenvalue weighted by Crippen LogP contribution is 2.20. The summed E-state index contributed by atoms with van der Waals surface area (Å²) in [7, 11) is 0. The molecule has 0 amide bonds. The smallest absolute Gasteiger partial charge is 0.202 e. The van der Waals surface area contributed by atoms with Crippen LogP contribution in [0.2, 0.25) is 0 Å². The predicted octanol–water partition coefficient (Wildman–Crippen LogP) is 1.92. The van der Waals surface area contributed by atoms with Gasteiger partial charge in [-0.05, 0) is 28.9 Å². The number of fused-ring (bicyclic) bond motifs is 1. The lowest BCUT2D eigenvalue weighted by Gasteiger charge is -2.05. The third-order valence-corrected chi connectivity index (χ3v) is 3.17. The summed E-state index contributed by atoms with van der Waals surface area (Å²) >= 11 is 3.37. The summed E-state index contributed by atoms with van der Waals surface area (Å²) in [4.78, 5) is 17.2. The van der Waals surface area contributed by atoms with Crippen LogP contribution in [0, 0.1) is 6.92 Å². The zero-order valence-corrected chi connectivity index (χ0v) is 11.8. The molecule has 0 unspecified atom stereocenters. The van der Waals surface area contributed by atoms with Crippen LogP contribution in [0.15, 0.2) is 29.1 Å². The Kier molecular flexibility index (Phi) is 2.90. The van der Waals surface area contributed by atoms with Crippen LogP contribution in [0.5, 0.6) is 0 Å². The van der Waals surface area contributed by atoms with Crippen LogP contribution in [-0.4, -0.2) is 24.5 Å². The number of aromatic nitrogens is 5. The molecule has 0 fully saturated rings. The molecule has 2 N–H and O–H groups in total. The molecule has 0 spiro atoms. The molecule has 3 aromatic heterocycles. The first-order valence-corrected chi connectivity index (χ1v) is 6.47. The maximum absolute atomic E-state index is 5.93. The standard InChI is InChI=1S/C12H11BrN6/c1-7-3-16-9(5-15-7)6-19-11-10(18-12(19)14)2-8(13)4-17-11/h2-5H,6H2,1H3,(H2,14,18). The fourth-order valence-corrected chi connectivity index (χ4v) is 2.14. The highest BCUT2D eigenvalue weighted by atomic mass is 79.9. The van der Waals surface area contributed by atoms with E-state index >= 15 is 0 Å². The van der Waals surface area contributed by atoms with E-state index in [1.807, 2.05) is 17.6 Å². The molecule has 96 valence electrons. The minimum atomic E-state index is 0.419. The van der Waals surface area contributed by atoms with E-state index in [2.05, 4.69) is 35.9 Å². The van der Waals surface area contributed by atoms with Crippen LogP contribution in [0.4, 0.5) is 5.95 Å². The van der Waals surface area contributed by atoms with Crippen molar-refractivity contribution in [1.29, 1.82) is 0 Å². The number of aryl methyl sites for hydroxylation is 1. The van der Waals surface area contributed by atoms with E-state index in [1.165, 1.54) is 0 Å². The first-order valence-electron chi connectivity index (χ1n) is 5.68. The lowest BCUT2D eigenvalue weighted by atomic mass is 10.4. The Morgan fingerprint density at radius 3 is 2.79 bits per heavy atom. The Hall–Kier alpha value is -2.02. The monoisotopic (exact) mass is 318 g/mol. The number of imidazole rings is 1. The number of pyridine rings is 1. The quantitative estimate of drug-likeness (QED) is 0.780. The summed E-state index contributed by atoms with van der Waals surface area (Å²) in [5, 5.41) is 0. The summed E-state index contributed by atoms with van der Waals surface area (Å²) in [6.07, 6.45) is 5.19. The first-order chi connectivity index (χ1) is 9.13. The van der Waals surface area contributed by atoms with Gasteiger partial charge in [-0.1, -0.05) is 0 Å². The van der Waals surface area contributed by atoms with Crippen molar-refractivity contribution in [2.45, 2.75) is 13.5 Å². The van der Waals surface area contributed by atoms with Gasteiger partial charge in [0, 0.05) is 16.9 Å². The third kappa shape index (κ3) is 2.28. The molecule has 19 heavy (non-hydrogen) atoms. The molecule has 0 aromatic carbocycles. The number of anilines is 1. The van der Waals surface area contributed by atoms with Gasteiger partial charge in [0.05, 0.1) is 24.1 Å². The third-order valence-electron chi connectivity index (χ3n) is 2.74. The Morgan fingerprint density at radius 1 is 1.21 bits per heavy atom. The van der Waals surface area contributed by atoms with Gasteiger partial charge < -0.3 is 5.73 Å². The number of rotatable bonds is 2. The van der Waals surface area contributed by atoms with Gasteiger partial charge in [0.1, 0.15) is 5.52 Å². The van der Waals surface area contributed by atoms with E-state index < -0.39 is 0 Å². The van der Waals surface area contributed by atoms with Crippen molar-refractivity contribution in [3.8, 4) is 0 Å². The minimum absolute atomic E-state index is 0.419. The van der Waals surface area contributed by atoms with Gasteiger partial charge >= 0.3 is 0 Å². The average molecular weight is 319 g/mol. The molecule has 3 aromatic rings. The van der Waals surface area contributed by atoms with Gasteiger partial charge in [-0.3, -0.25) is 14.5 Å². The predicted molar refractivity (Wildman–Crippen MR) is 75.5 cm³/mol. The Balaban J connectivity index is 2.05. The van der Waals surface area contributed by atoms with Crippen molar-refractivity contribution < 1.29 is 0 Å². The number of hydrogen-bond donors (Lipinski definition) is 1. The van der Waals surface area contributed by atoms with E-state index in [1.54, 1.807) is 18.6 Å². The van der Waals surface area contributed by atoms with Crippen molar-refractivity contribution in [2.75, 3.05) is 5.73 Å². The molecule has 3 rings (SSSR count). The molecule has 0 atom stereocenters. The number of nitrogens with two attached hydrogens (primary N) is 1. The number of halogens is 1. The molecule has 0 radical (unpaired) electrons. The van der Waals surface area contributed by atoms with Crippen LogP contribution in [0.1, 0.15) is 11.4 Å². The summed E-state index contributed by atoms with van der Waals surface area (Å²) in [5.41, 5.74) is 9.13. The molecule has 0 aliphatic heterocycles. The number of hydrogen-bond acceptors (Lipinski definition) is 5. The SMILES string of the molecule is Cc1cnc(Cn2c(N)nc3cc(Br)cnc32)cn1. The molecule has 0 saturated carbocycles. The topological polar surface area (TPSA) is 82.5 Å². The van der Waals surface area contributed by atoms with Gasteiger partial charge in [0.2, 0.25) is 5.95 Å². The summed E-state index contributed by atoms with van der Waals surface area (Å²) in [6, 6.07) is 1.88. The van der Waals surface area contributed by atoms with Gasteiger partial charge in [-0.15, -0.1) is 0 Å². The number of nitrogen functional groups attached to an aromatic ring is 1. The maximum Gasteiger partial charge on any atom is 0.202 e. The zero-order chi connectivity index (χ0) is 13.4. The minimum Gasteiger partial charge on any atom is -0.369 e. The summed E-state index contributed by atoms with van der Waals surface area (Å²) < 4.78 is 2.70. The normalized spacial score (nSPS) is 11.1. The van der Waals surface area contributed by atoms with Gasteiger partial charge in [-0.25, -0.2) is 9.97 Å². The van der Waals surface area contributed by atoms with Crippen molar-refractivity contribution in [3.63, 3.8) is 0 Å². The Bertz CT molecular complexity index is 734. The van der Waals surface area contributed by atoms with Crippen molar-refractivity contribution in [1.82, 2.24) is 24.5 Å². The molecular formula is C12H11BrN6. The van der Waals surface area contributed by atoms with Crippen LogP contribution < -0.4 is 5.73 Å². The van der Waals surface area contributed by atoms with Crippen LogP contribution >= 0.6 is 15.9 Å². The van der Waals surface area contributed by atoms with E-state index in [-0.39, 0.29) is 0 Å². The van der Waals surface area contributed by atoms with E-state index in [4.69, 9.17) is 5.73 Å². The van der Waals surface area contributed by atoms with Gasteiger partial charge in [-0.2, -0.15) is 0 Å². The summed E-state index contributed by atoms with van der Waals surface area (Å²) in [6.45, 7) is 2.40. The Labute approximate surface area is 117 Å². The van der Waals surface area contributed by atoms with Crippen LogP contribution in [-0.2, 0) is 6.54 Å². The molecule has 0 aliphatic carbocycles. The van der Waals surface area contributed by atoms with Crippen molar-refractivity contribution >= 4 is 33.0 Å². The lowest BCUT2D eigenvalue weighted by molar-refractivity contribution is 0.790. The lowest BCUT2D eigenvalue weighted by Crippen LogP contribution is -2.07. The second-order valence-electron chi connectivity index (χ2n) is 4.20. The highest BCUT2D eigenvalue weighted by Gasteiger charge is 2.10. The molecule has 3 heterocycles. The van der Waals surface area contributed by atoms with Gasteiger partial charge in [0.15, 0.2) is 5.65 Å². The van der Waals surface area contributed by atoms with Crippen molar-refractivity contribution in [2.24, 2.45) is 0 Å². The molecule has 7 heteroatoms. The first kappa shape index (κ1) is 12.0.